The van der Waals surface area contributed by atoms with Crippen molar-refractivity contribution < 1.29 is 18.1 Å². The van der Waals surface area contributed by atoms with Crippen LogP contribution in [-0.2, 0) is 10.1 Å². The number of hydrogen-bond donors (Lipinski definition) is 2. The van der Waals surface area contributed by atoms with Gasteiger partial charge in [-0.2, -0.15) is 8.42 Å². The van der Waals surface area contributed by atoms with Crippen LogP contribution in [0, 0.1) is 0 Å². The summed E-state index contributed by atoms with van der Waals surface area (Å²) in [7, 11) is -4.13. The highest BCUT2D eigenvalue weighted by Crippen LogP contribution is 2.17. The molecule has 0 saturated carbocycles. The summed E-state index contributed by atoms with van der Waals surface area (Å²) in [5.74, 6) is 0. The van der Waals surface area contributed by atoms with Crippen LogP contribution in [0.4, 0.5) is 0 Å². The third kappa shape index (κ3) is 12.9. The van der Waals surface area contributed by atoms with Crippen molar-refractivity contribution in [2.75, 3.05) is 0 Å². The van der Waals surface area contributed by atoms with Crippen LogP contribution < -0.4 is 0 Å². The number of aliphatic hydroxyl groups excluding tert-OH is 1. The lowest BCUT2D eigenvalue weighted by Gasteiger charge is -2.18. The first-order valence-corrected chi connectivity index (χ1v) is 11.1. The van der Waals surface area contributed by atoms with Crippen LogP contribution in [0.25, 0.3) is 0 Å². The van der Waals surface area contributed by atoms with E-state index in [4.69, 9.17) is 4.55 Å². The lowest BCUT2D eigenvalue weighted by Crippen LogP contribution is -2.33. The maximum Gasteiger partial charge on any atom is 0.270 e. The predicted octanol–water partition coefficient (Wildman–Crippen LogP) is 5.10. The van der Waals surface area contributed by atoms with Crippen molar-refractivity contribution in [2.24, 2.45) is 0 Å². The number of rotatable bonds is 16. The van der Waals surface area contributed by atoms with E-state index in [1.165, 1.54) is 57.8 Å². The molecule has 0 bridgehead atoms. The van der Waals surface area contributed by atoms with Crippen molar-refractivity contribution >= 4 is 10.1 Å². The average molecular weight is 351 g/mol. The summed E-state index contributed by atoms with van der Waals surface area (Å²) in [6.45, 7) is 3.91. The zero-order valence-electron chi connectivity index (χ0n) is 15.2. The molecule has 2 unspecified atom stereocenters. The molecule has 0 aromatic carbocycles. The SMILES string of the molecule is CCCCCCCCCCCCCCC(O)C(CC)S(=O)(=O)O. The quantitative estimate of drug-likeness (QED) is 0.300. The van der Waals surface area contributed by atoms with E-state index < -0.39 is 21.5 Å². The molecule has 0 aliphatic carbocycles. The molecule has 23 heavy (non-hydrogen) atoms. The molecular formula is C18H38O4S. The standard InChI is InChI=1S/C18H38O4S/c1-3-5-6-7-8-9-10-11-12-13-14-15-16-17(19)18(4-2)23(20,21)22/h17-19H,3-16H2,1-2H3,(H,20,21,22). The zero-order chi connectivity index (χ0) is 17.6. The molecule has 0 rings (SSSR count). The molecule has 0 amide bonds. The summed E-state index contributed by atoms with van der Waals surface area (Å²) >= 11 is 0. The predicted molar refractivity (Wildman–Crippen MR) is 97.3 cm³/mol. The van der Waals surface area contributed by atoms with E-state index in [9.17, 15) is 13.5 Å². The second-order valence-corrected chi connectivity index (χ2v) is 8.34. The van der Waals surface area contributed by atoms with E-state index in [-0.39, 0.29) is 6.42 Å². The molecule has 5 heteroatoms. The fourth-order valence-corrected chi connectivity index (χ4v) is 4.02. The molecule has 0 aromatic heterocycles. The van der Waals surface area contributed by atoms with Crippen LogP contribution in [-0.4, -0.2) is 29.4 Å². The highest BCUT2D eigenvalue weighted by atomic mass is 32.2. The number of unbranched alkanes of at least 4 members (excludes halogenated alkanes) is 11. The largest absolute Gasteiger partial charge is 0.392 e. The number of hydrogen-bond acceptors (Lipinski definition) is 3. The van der Waals surface area contributed by atoms with E-state index in [0.717, 1.165) is 19.3 Å². The maximum atomic E-state index is 11.1. The third-order valence-corrected chi connectivity index (χ3v) is 5.98. The Kier molecular flexibility index (Phi) is 14.2. The molecule has 140 valence electrons. The minimum Gasteiger partial charge on any atom is -0.392 e. The molecule has 2 atom stereocenters. The van der Waals surface area contributed by atoms with Gasteiger partial charge in [0.1, 0.15) is 5.25 Å². The van der Waals surface area contributed by atoms with Crippen molar-refractivity contribution in [1.29, 1.82) is 0 Å². The summed E-state index contributed by atoms with van der Waals surface area (Å²) in [5.41, 5.74) is 0. The summed E-state index contributed by atoms with van der Waals surface area (Å²) in [5, 5.41) is 8.83. The van der Waals surface area contributed by atoms with E-state index in [0.29, 0.717) is 6.42 Å². The average Bonchev–Trinajstić information content (AvgIpc) is 2.47. The Balaban J connectivity index is 3.45. The molecule has 0 aromatic rings. The van der Waals surface area contributed by atoms with Crippen LogP contribution in [0.3, 0.4) is 0 Å². The molecule has 0 saturated heterocycles. The first kappa shape index (κ1) is 22.9. The van der Waals surface area contributed by atoms with E-state index in [2.05, 4.69) is 6.92 Å². The molecule has 4 nitrogen and oxygen atoms in total. The third-order valence-electron chi connectivity index (χ3n) is 4.57. The molecule has 0 fully saturated rings. The van der Waals surface area contributed by atoms with E-state index in [1.54, 1.807) is 6.92 Å². The molecule has 0 heterocycles. The van der Waals surface area contributed by atoms with E-state index >= 15 is 0 Å². The lowest BCUT2D eigenvalue weighted by atomic mass is 10.0. The van der Waals surface area contributed by atoms with Crippen molar-refractivity contribution in [3.63, 3.8) is 0 Å². The topological polar surface area (TPSA) is 74.6 Å². The van der Waals surface area contributed by atoms with Crippen LogP contribution >= 0.6 is 0 Å². The lowest BCUT2D eigenvalue weighted by molar-refractivity contribution is 0.149. The molecule has 0 aliphatic rings. The van der Waals surface area contributed by atoms with Gasteiger partial charge in [-0.25, -0.2) is 0 Å². The Morgan fingerprint density at radius 3 is 1.48 bits per heavy atom. The van der Waals surface area contributed by atoms with Crippen molar-refractivity contribution in [1.82, 2.24) is 0 Å². The van der Waals surface area contributed by atoms with Gasteiger partial charge in [-0.05, 0) is 12.8 Å². The summed E-state index contributed by atoms with van der Waals surface area (Å²) in [4.78, 5) is 0. The second kappa shape index (κ2) is 14.2. The van der Waals surface area contributed by atoms with E-state index in [1.807, 2.05) is 0 Å². The van der Waals surface area contributed by atoms with Crippen molar-refractivity contribution in [3.05, 3.63) is 0 Å². The van der Waals surface area contributed by atoms with Gasteiger partial charge in [-0.15, -0.1) is 0 Å². The molecule has 2 N–H and O–H groups in total. The van der Waals surface area contributed by atoms with Crippen molar-refractivity contribution in [2.45, 2.75) is 115 Å². The summed E-state index contributed by atoms with van der Waals surface area (Å²) in [6, 6.07) is 0. The van der Waals surface area contributed by atoms with Gasteiger partial charge in [0.25, 0.3) is 10.1 Å². The monoisotopic (exact) mass is 350 g/mol. The van der Waals surface area contributed by atoms with Crippen molar-refractivity contribution in [3.8, 4) is 0 Å². The van der Waals surface area contributed by atoms with Crippen LogP contribution in [0.5, 0.6) is 0 Å². The van der Waals surface area contributed by atoms with Crippen LogP contribution in [0.15, 0.2) is 0 Å². The Hall–Kier alpha value is -0.130. The molecule has 0 aliphatic heterocycles. The minimum atomic E-state index is -4.13. The van der Waals surface area contributed by atoms with Crippen LogP contribution in [0.2, 0.25) is 0 Å². The first-order valence-electron chi connectivity index (χ1n) is 9.57. The van der Waals surface area contributed by atoms with Gasteiger partial charge in [0.05, 0.1) is 6.10 Å². The summed E-state index contributed by atoms with van der Waals surface area (Å²) < 4.78 is 31.3. The van der Waals surface area contributed by atoms with Gasteiger partial charge in [-0.3, -0.25) is 4.55 Å². The first-order chi connectivity index (χ1) is 10.9. The molecule has 0 spiro atoms. The Morgan fingerprint density at radius 2 is 1.13 bits per heavy atom. The zero-order valence-corrected chi connectivity index (χ0v) is 16.0. The highest BCUT2D eigenvalue weighted by molar-refractivity contribution is 7.86. The maximum absolute atomic E-state index is 11.1. The summed E-state index contributed by atoms with van der Waals surface area (Å²) in [6.07, 6.45) is 14.7. The van der Waals surface area contributed by atoms with Gasteiger partial charge in [0.2, 0.25) is 0 Å². The van der Waals surface area contributed by atoms with Gasteiger partial charge < -0.3 is 5.11 Å². The van der Waals surface area contributed by atoms with Gasteiger partial charge in [-0.1, -0.05) is 90.9 Å². The Labute approximate surface area is 143 Å². The van der Waals surface area contributed by atoms with Gasteiger partial charge >= 0.3 is 0 Å². The van der Waals surface area contributed by atoms with Gasteiger partial charge in [0, 0.05) is 0 Å². The fraction of sp³-hybridized carbons (Fsp3) is 1.00. The fourth-order valence-electron chi connectivity index (χ4n) is 3.06. The Bertz CT molecular complexity index is 354. The minimum absolute atomic E-state index is 0.248. The second-order valence-electron chi connectivity index (χ2n) is 6.71. The van der Waals surface area contributed by atoms with Gasteiger partial charge in [0.15, 0.2) is 0 Å². The normalized spacial score (nSPS) is 14.8. The van der Waals surface area contributed by atoms with Crippen LogP contribution in [0.1, 0.15) is 104 Å². The molecule has 0 radical (unpaired) electrons. The smallest absolute Gasteiger partial charge is 0.270 e. The molecular weight excluding hydrogens is 312 g/mol. The Morgan fingerprint density at radius 1 is 0.739 bits per heavy atom. The number of aliphatic hydroxyl groups is 1. The highest BCUT2D eigenvalue weighted by Gasteiger charge is 2.28.